The maximum Gasteiger partial charge on any atom is 0.329 e. The second-order valence-corrected chi connectivity index (χ2v) is 5.47. The second-order valence-electron chi connectivity index (χ2n) is 5.47. The molecule has 0 radical (unpaired) electrons. The summed E-state index contributed by atoms with van der Waals surface area (Å²) < 4.78 is 5.54. The van der Waals surface area contributed by atoms with Crippen LogP contribution >= 0.6 is 0 Å². The molecule has 0 atom stereocenters. The van der Waals surface area contributed by atoms with Crippen molar-refractivity contribution in [2.75, 3.05) is 19.0 Å². The van der Waals surface area contributed by atoms with E-state index in [9.17, 15) is 14.4 Å². The molecule has 3 N–H and O–H groups in total. The highest BCUT2D eigenvalue weighted by Crippen LogP contribution is 2.16. The molecular formula is C19H20N4O4. The van der Waals surface area contributed by atoms with Gasteiger partial charge < -0.3 is 15.4 Å². The van der Waals surface area contributed by atoms with E-state index in [1.165, 1.54) is 13.3 Å². The van der Waals surface area contributed by atoms with Crippen molar-refractivity contribution in [3.05, 3.63) is 59.7 Å². The molecule has 8 nitrogen and oxygen atoms in total. The van der Waals surface area contributed by atoms with Gasteiger partial charge >= 0.3 is 11.8 Å². The average molecular weight is 368 g/mol. The predicted octanol–water partition coefficient (Wildman–Crippen LogP) is 1.21. The number of rotatable bonds is 6. The molecule has 140 valence electrons. The fourth-order valence-electron chi connectivity index (χ4n) is 2.09. The van der Waals surface area contributed by atoms with Crippen LogP contribution in [0.25, 0.3) is 0 Å². The standard InChI is InChI=1S/C19H20N4O4/c1-13-7-3-5-9-15(13)22-17(24)12-27-16-10-6-4-8-14(16)11-21-23-19(26)18(25)20-2/h3-11H,12H2,1-2H3,(H,20,25)(H,22,24)(H,23,26)/b21-11-. The number of hydrazone groups is 1. The van der Waals surface area contributed by atoms with Gasteiger partial charge in [-0.25, -0.2) is 5.43 Å². The Morgan fingerprint density at radius 2 is 1.74 bits per heavy atom. The molecule has 0 spiro atoms. The molecule has 0 unspecified atom stereocenters. The zero-order valence-electron chi connectivity index (χ0n) is 15.0. The Morgan fingerprint density at radius 3 is 2.48 bits per heavy atom. The topological polar surface area (TPSA) is 109 Å². The Kier molecular flexibility index (Phi) is 7.07. The smallest absolute Gasteiger partial charge is 0.329 e. The average Bonchev–Trinajstić information content (AvgIpc) is 2.68. The van der Waals surface area contributed by atoms with Gasteiger partial charge in [-0.15, -0.1) is 0 Å². The third-order valence-corrected chi connectivity index (χ3v) is 3.50. The van der Waals surface area contributed by atoms with Gasteiger partial charge in [-0.2, -0.15) is 5.10 Å². The van der Waals surface area contributed by atoms with Crippen molar-refractivity contribution in [2.45, 2.75) is 6.92 Å². The summed E-state index contributed by atoms with van der Waals surface area (Å²) in [5, 5.41) is 8.68. The van der Waals surface area contributed by atoms with Crippen LogP contribution in [-0.2, 0) is 14.4 Å². The van der Waals surface area contributed by atoms with Gasteiger partial charge in [-0.3, -0.25) is 14.4 Å². The van der Waals surface area contributed by atoms with E-state index >= 15 is 0 Å². The highest BCUT2D eigenvalue weighted by molar-refractivity contribution is 6.35. The van der Waals surface area contributed by atoms with Crippen molar-refractivity contribution in [2.24, 2.45) is 5.10 Å². The monoisotopic (exact) mass is 368 g/mol. The molecule has 0 saturated heterocycles. The van der Waals surface area contributed by atoms with E-state index in [4.69, 9.17) is 4.74 Å². The van der Waals surface area contributed by atoms with Crippen LogP contribution in [0.5, 0.6) is 5.75 Å². The van der Waals surface area contributed by atoms with Gasteiger partial charge in [0.2, 0.25) is 0 Å². The number of hydrogen-bond donors (Lipinski definition) is 3. The van der Waals surface area contributed by atoms with Crippen LogP contribution in [0.4, 0.5) is 5.69 Å². The molecule has 2 rings (SSSR count). The summed E-state index contributed by atoms with van der Waals surface area (Å²) in [6, 6.07) is 14.3. The number of para-hydroxylation sites is 2. The number of benzene rings is 2. The Bertz CT molecular complexity index is 864. The van der Waals surface area contributed by atoms with Crippen molar-refractivity contribution in [1.29, 1.82) is 0 Å². The zero-order valence-corrected chi connectivity index (χ0v) is 15.0. The van der Waals surface area contributed by atoms with Gasteiger partial charge in [0.25, 0.3) is 5.91 Å². The number of nitrogens with one attached hydrogen (secondary N) is 3. The SMILES string of the molecule is CNC(=O)C(=O)N/N=C\c1ccccc1OCC(=O)Nc1ccccc1C. The predicted molar refractivity (Wildman–Crippen MR) is 102 cm³/mol. The highest BCUT2D eigenvalue weighted by Gasteiger charge is 2.10. The van der Waals surface area contributed by atoms with Crippen molar-refractivity contribution < 1.29 is 19.1 Å². The molecule has 0 saturated carbocycles. The molecule has 2 aromatic carbocycles. The van der Waals surface area contributed by atoms with Gasteiger partial charge in [0.05, 0.1) is 6.21 Å². The molecule has 2 aromatic rings. The van der Waals surface area contributed by atoms with Gasteiger partial charge in [0.1, 0.15) is 5.75 Å². The molecule has 8 heteroatoms. The Hall–Kier alpha value is -3.68. The van der Waals surface area contributed by atoms with Gasteiger partial charge in [-0.05, 0) is 30.7 Å². The lowest BCUT2D eigenvalue weighted by Gasteiger charge is -2.10. The number of ether oxygens (including phenoxy) is 1. The van der Waals surface area contributed by atoms with E-state index in [0.29, 0.717) is 11.3 Å². The van der Waals surface area contributed by atoms with Crippen molar-refractivity contribution >= 4 is 29.6 Å². The number of carbonyl (C=O) groups is 3. The Labute approximate surface area is 156 Å². The Morgan fingerprint density at radius 1 is 1.04 bits per heavy atom. The molecular weight excluding hydrogens is 348 g/mol. The minimum atomic E-state index is -0.884. The number of amides is 3. The van der Waals surface area contributed by atoms with Crippen molar-refractivity contribution in [1.82, 2.24) is 10.7 Å². The first-order chi connectivity index (χ1) is 13.0. The number of hydrogen-bond acceptors (Lipinski definition) is 5. The van der Waals surface area contributed by atoms with E-state index < -0.39 is 11.8 Å². The normalized spacial score (nSPS) is 10.3. The lowest BCUT2D eigenvalue weighted by Crippen LogP contribution is -2.35. The first kappa shape index (κ1) is 19.6. The van der Waals surface area contributed by atoms with Crippen LogP contribution in [0, 0.1) is 6.92 Å². The number of nitrogens with zero attached hydrogens (tertiary/aromatic N) is 1. The van der Waals surface area contributed by atoms with E-state index in [-0.39, 0.29) is 12.5 Å². The first-order valence-corrected chi connectivity index (χ1v) is 8.13. The first-order valence-electron chi connectivity index (χ1n) is 8.13. The summed E-state index contributed by atoms with van der Waals surface area (Å²) in [7, 11) is 1.34. The summed E-state index contributed by atoms with van der Waals surface area (Å²) in [6.07, 6.45) is 1.33. The Balaban J connectivity index is 1.95. The van der Waals surface area contributed by atoms with Crippen LogP contribution in [0.15, 0.2) is 53.6 Å². The van der Waals surface area contributed by atoms with E-state index in [1.807, 2.05) is 31.2 Å². The van der Waals surface area contributed by atoms with Crippen LogP contribution in [0.1, 0.15) is 11.1 Å². The number of anilines is 1. The quantitative estimate of drug-likeness (QED) is 0.404. The van der Waals surface area contributed by atoms with E-state index in [1.54, 1.807) is 24.3 Å². The zero-order chi connectivity index (χ0) is 19.6. The third kappa shape index (κ3) is 5.96. The fourth-order valence-corrected chi connectivity index (χ4v) is 2.09. The van der Waals surface area contributed by atoms with Crippen LogP contribution in [0.3, 0.4) is 0 Å². The number of carbonyl (C=O) groups excluding carboxylic acids is 3. The summed E-state index contributed by atoms with van der Waals surface area (Å²) in [6.45, 7) is 1.71. The fraction of sp³-hybridized carbons (Fsp3) is 0.158. The maximum absolute atomic E-state index is 12.1. The number of likely N-dealkylation sites (N-methyl/N-ethyl adjacent to an activating group) is 1. The van der Waals surface area contributed by atoms with E-state index in [2.05, 4.69) is 21.2 Å². The van der Waals surface area contributed by atoms with Crippen LogP contribution < -0.4 is 20.8 Å². The maximum atomic E-state index is 12.1. The lowest BCUT2D eigenvalue weighted by atomic mass is 10.2. The summed E-state index contributed by atoms with van der Waals surface area (Å²) in [5.74, 6) is -1.58. The highest BCUT2D eigenvalue weighted by atomic mass is 16.5. The van der Waals surface area contributed by atoms with Gasteiger partial charge in [0, 0.05) is 18.3 Å². The summed E-state index contributed by atoms with van der Waals surface area (Å²) >= 11 is 0. The minimum absolute atomic E-state index is 0.191. The largest absolute Gasteiger partial charge is 0.483 e. The third-order valence-electron chi connectivity index (χ3n) is 3.50. The number of aryl methyl sites for hydroxylation is 1. The minimum Gasteiger partial charge on any atom is -0.483 e. The molecule has 27 heavy (non-hydrogen) atoms. The molecule has 0 aliphatic heterocycles. The van der Waals surface area contributed by atoms with Crippen LogP contribution in [0.2, 0.25) is 0 Å². The summed E-state index contributed by atoms with van der Waals surface area (Å²) in [4.78, 5) is 34.5. The van der Waals surface area contributed by atoms with E-state index in [0.717, 1.165) is 11.3 Å². The summed E-state index contributed by atoms with van der Waals surface area (Å²) in [5.41, 5.74) is 4.31. The van der Waals surface area contributed by atoms with Gasteiger partial charge in [0.15, 0.2) is 6.61 Å². The van der Waals surface area contributed by atoms with Crippen molar-refractivity contribution in [3.8, 4) is 5.75 Å². The van der Waals surface area contributed by atoms with Crippen molar-refractivity contribution in [3.63, 3.8) is 0 Å². The molecule has 3 amide bonds. The molecule has 0 aliphatic carbocycles. The van der Waals surface area contributed by atoms with Gasteiger partial charge in [-0.1, -0.05) is 30.3 Å². The second kappa shape index (κ2) is 9.71. The molecule has 0 heterocycles. The van der Waals surface area contributed by atoms with Crippen LogP contribution in [-0.4, -0.2) is 37.6 Å². The lowest BCUT2D eigenvalue weighted by molar-refractivity contribution is -0.138. The molecule has 0 fully saturated rings. The molecule has 0 aliphatic rings. The molecule has 0 aromatic heterocycles. The molecule has 0 bridgehead atoms.